The first-order chi connectivity index (χ1) is 20.8. The van der Waals surface area contributed by atoms with Gasteiger partial charge in [0.15, 0.2) is 27.1 Å². The molecule has 1 saturated heterocycles. The zero-order valence-electron chi connectivity index (χ0n) is 23.7. The number of hydrogen-bond donors (Lipinski definition) is 3. The average molecular weight is 629 g/mol. The van der Waals surface area contributed by atoms with Crippen molar-refractivity contribution < 1.29 is 27.5 Å². The maximum Gasteiger partial charge on any atom is 0.272 e. The third kappa shape index (κ3) is 7.77. The molecule has 3 amide bonds. The van der Waals surface area contributed by atoms with Crippen LogP contribution in [0, 0.1) is 5.92 Å². The number of ether oxygens (including phenoxy) is 1. The van der Waals surface area contributed by atoms with E-state index in [0.717, 1.165) is 12.8 Å². The van der Waals surface area contributed by atoms with Gasteiger partial charge in [0.2, 0.25) is 11.8 Å². The summed E-state index contributed by atoms with van der Waals surface area (Å²) in [5.41, 5.74) is 0.976. The lowest BCUT2D eigenvalue weighted by Gasteiger charge is -2.26. The summed E-state index contributed by atoms with van der Waals surface area (Å²) in [5, 5.41) is 14.5. The number of nitrogens with one attached hydrogen (secondary N) is 3. The van der Waals surface area contributed by atoms with Crippen LogP contribution in [0.1, 0.15) is 28.2 Å². The van der Waals surface area contributed by atoms with E-state index >= 15 is 0 Å². The molecule has 2 aromatic heterocycles. The number of amides is 3. The Morgan fingerprint density at radius 3 is 2.50 bits per heavy atom. The second-order valence-corrected chi connectivity index (χ2v) is 13.9. The van der Waals surface area contributed by atoms with E-state index in [1.807, 2.05) is 0 Å². The Morgan fingerprint density at radius 1 is 1.11 bits per heavy atom. The molecule has 3 aromatic rings. The molecule has 1 aliphatic carbocycles. The quantitative estimate of drug-likeness (QED) is 0.266. The molecule has 1 saturated carbocycles. The predicted molar refractivity (Wildman–Crippen MR) is 167 cm³/mol. The van der Waals surface area contributed by atoms with Crippen molar-refractivity contribution in [3.8, 4) is 16.3 Å². The molecule has 6 radical (unpaired) electrons. The molecule has 0 unspecified atom stereocenters. The lowest BCUT2D eigenvalue weighted by Crippen LogP contribution is -2.50. The highest BCUT2D eigenvalue weighted by atomic mass is 32.2. The van der Waals surface area contributed by atoms with Crippen LogP contribution < -0.4 is 20.7 Å². The normalized spacial score (nSPS) is 16.2. The van der Waals surface area contributed by atoms with Gasteiger partial charge in [-0.1, -0.05) is 11.3 Å². The van der Waals surface area contributed by atoms with Crippen LogP contribution in [-0.4, -0.2) is 107 Å². The highest BCUT2D eigenvalue weighted by Gasteiger charge is 2.30. The summed E-state index contributed by atoms with van der Waals surface area (Å²) in [5.74, 6) is -0.864. The second kappa shape index (κ2) is 12.6. The summed E-state index contributed by atoms with van der Waals surface area (Å²) in [6, 6.07) is 6.68. The summed E-state index contributed by atoms with van der Waals surface area (Å²) in [4.78, 5) is 44.8. The third-order valence-corrected chi connectivity index (χ3v) is 9.47. The standard InChI is InChI=1S/C26H26B3N7O6S2/c1-42-22-16(25-30-13-15(43-25)11-20(37)36-7-9-44(40,41)10-8-36)3-2-4-17(22)31-18-12-19(32-23(38)14-5-6-14)34-35-21(18)24(39)33-26(27,28)29/h2-4,12-14H,5-11H2,1H3,(H,33,39)(H2,31,32,34,38). The fraction of sp³-hybridized carbons (Fsp3) is 0.385. The topological polar surface area (TPSA) is 173 Å². The van der Waals surface area contributed by atoms with Crippen molar-refractivity contribution >= 4 is 79.6 Å². The van der Waals surface area contributed by atoms with E-state index in [9.17, 15) is 22.8 Å². The van der Waals surface area contributed by atoms with Gasteiger partial charge in [-0.05, 0) is 25.0 Å². The van der Waals surface area contributed by atoms with Gasteiger partial charge >= 0.3 is 0 Å². The minimum atomic E-state index is -3.10. The number of hydrogen-bond acceptors (Lipinski definition) is 11. The number of methoxy groups -OCH3 is 1. The van der Waals surface area contributed by atoms with Crippen LogP contribution in [0.15, 0.2) is 30.5 Å². The number of sulfone groups is 1. The molecular weight excluding hydrogens is 603 g/mol. The first-order valence-corrected chi connectivity index (χ1v) is 16.2. The van der Waals surface area contributed by atoms with Crippen molar-refractivity contribution in [1.82, 2.24) is 25.4 Å². The molecule has 3 heterocycles. The van der Waals surface area contributed by atoms with Gasteiger partial charge in [-0.25, -0.2) is 13.4 Å². The number of aromatic nitrogens is 3. The molecule has 0 atom stereocenters. The molecule has 2 aliphatic rings. The molecule has 5 rings (SSSR count). The highest BCUT2D eigenvalue weighted by Crippen LogP contribution is 2.40. The van der Waals surface area contributed by atoms with E-state index in [1.165, 1.54) is 24.5 Å². The van der Waals surface area contributed by atoms with Gasteiger partial charge < -0.3 is 25.6 Å². The van der Waals surface area contributed by atoms with Crippen LogP contribution in [0.5, 0.6) is 5.75 Å². The minimum Gasteiger partial charge on any atom is -0.494 e. The van der Waals surface area contributed by atoms with Crippen molar-refractivity contribution in [1.29, 1.82) is 0 Å². The van der Waals surface area contributed by atoms with E-state index in [-0.39, 0.29) is 65.9 Å². The minimum absolute atomic E-state index is 0.0417. The molecule has 13 nitrogen and oxygen atoms in total. The van der Waals surface area contributed by atoms with Gasteiger partial charge in [-0.15, -0.1) is 21.5 Å². The highest BCUT2D eigenvalue weighted by molar-refractivity contribution is 7.91. The Balaban J connectivity index is 1.40. The zero-order valence-corrected chi connectivity index (χ0v) is 25.3. The Kier molecular flexibility index (Phi) is 9.02. The monoisotopic (exact) mass is 629 g/mol. The zero-order chi connectivity index (χ0) is 31.6. The molecule has 1 aliphatic heterocycles. The SMILES string of the molecule is [B]C([B])([B])NC(=O)c1nnc(NC(=O)C2CC2)cc1Nc1cccc(-c2ncc(CC(=O)N3CCS(=O)(=O)CC3)s2)c1OC. The van der Waals surface area contributed by atoms with Gasteiger partial charge in [0.25, 0.3) is 5.91 Å². The van der Waals surface area contributed by atoms with E-state index in [1.54, 1.807) is 29.3 Å². The second-order valence-electron chi connectivity index (χ2n) is 10.5. The molecule has 0 spiro atoms. The Morgan fingerprint density at radius 2 is 1.84 bits per heavy atom. The van der Waals surface area contributed by atoms with Crippen molar-refractivity contribution in [2.75, 3.05) is 42.3 Å². The lowest BCUT2D eigenvalue weighted by molar-refractivity contribution is -0.130. The van der Waals surface area contributed by atoms with E-state index < -0.39 is 21.0 Å². The van der Waals surface area contributed by atoms with Crippen LogP contribution in [-0.2, 0) is 25.8 Å². The van der Waals surface area contributed by atoms with Crippen molar-refractivity contribution in [2.24, 2.45) is 5.92 Å². The molecule has 0 bridgehead atoms. The third-order valence-electron chi connectivity index (χ3n) is 6.83. The van der Waals surface area contributed by atoms with Crippen molar-refractivity contribution in [3.05, 3.63) is 41.0 Å². The number of carbonyl (C=O) groups excluding carboxylic acids is 3. The van der Waals surface area contributed by atoms with E-state index in [0.29, 0.717) is 26.9 Å². The van der Waals surface area contributed by atoms with Crippen molar-refractivity contribution in [3.63, 3.8) is 0 Å². The van der Waals surface area contributed by atoms with Gasteiger partial charge in [-0.2, -0.15) is 0 Å². The molecule has 3 N–H and O–H groups in total. The number of rotatable bonds is 10. The number of anilines is 3. The molecule has 18 heteroatoms. The Bertz CT molecular complexity index is 1700. The number of nitrogens with zero attached hydrogens (tertiary/aromatic N) is 4. The van der Waals surface area contributed by atoms with Crippen LogP contribution in [0.3, 0.4) is 0 Å². The Hall–Kier alpha value is -3.92. The summed E-state index contributed by atoms with van der Waals surface area (Å²) in [7, 11) is 15.0. The van der Waals surface area contributed by atoms with Gasteiger partial charge in [0, 0.05) is 36.1 Å². The number of thiazole rings is 1. The number of para-hydroxylation sites is 1. The van der Waals surface area contributed by atoms with Crippen LogP contribution in [0.25, 0.3) is 10.6 Å². The first-order valence-electron chi connectivity index (χ1n) is 13.6. The maximum absolute atomic E-state index is 12.9. The number of benzene rings is 1. The van der Waals surface area contributed by atoms with Crippen LogP contribution >= 0.6 is 11.3 Å². The molecule has 2 fully saturated rings. The Labute approximate surface area is 262 Å². The van der Waals surface area contributed by atoms with Crippen LogP contribution in [0.4, 0.5) is 17.2 Å². The largest absolute Gasteiger partial charge is 0.494 e. The molecule has 44 heavy (non-hydrogen) atoms. The van der Waals surface area contributed by atoms with Gasteiger partial charge in [0.05, 0.1) is 65.5 Å². The average Bonchev–Trinajstić information content (AvgIpc) is 3.71. The van der Waals surface area contributed by atoms with E-state index in [2.05, 4.69) is 31.1 Å². The smallest absolute Gasteiger partial charge is 0.272 e. The lowest BCUT2D eigenvalue weighted by atomic mass is 9.49. The summed E-state index contributed by atoms with van der Waals surface area (Å²) >= 11 is 1.29. The van der Waals surface area contributed by atoms with Crippen molar-refractivity contribution in [2.45, 2.75) is 24.5 Å². The van der Waals surface area contributed by atoms with Gasteiger partial charge in [0.1, 0.15) is 5.01 Å². The maximum atomic E-state index is 12.9. The fourth-order valence-electron chi connectivity index (χ4n) is 4.45. The number of carbonyl (C=O) groups is 3. The molecular formula is C26H26B3N7O6S2. The summed E-state index contributed by atoms with van der Waals surface area (Å²) in [6.45, 7) is 0.347. The van der Waals surface area contributed by atoms with Gasteiger partial charge in [-0.3, -0.25) is 14.4 Å². The molecule has 1 aromatic carbocycles. The first kappa shape index (κ1) is 31.5. The van der Waals surface area contributed by atoms with Crippen LogP contribution in [0.2, 0.25) is 0 Å². The van der Waals surface area contributed by atoms with E-state index in [4.69, 9.17) is 28.3 Å². The summed E-state index contributed by atoms with van der Waals surface area (Å²) in [6.07, 6.45) is 3.26. The molecule has 222 valence electrons. The fourth-order valence-corrected chi connectivity index (χ4v) is 6.58. The predicted octanol–water partition coefficient (Wildman–Crippen LogP) is 0.347. The summed E-state index contributed by atoms with van der Waals surface area (Å²) < 4.78 is 29.2.